The average Bonchev–Trinajstić information content (AvgIpc) is 3.00. The van der Waals surface area contributed by atoms with Crippen LogP contribution in [0.1, 0.15) is 25.3 Å². The van der Waals surface area contributed by atoms with Crippen LogP contribution in [0, 0.1) is 0 Å². The maximum Gasteiger partial charge on any atom is 0.253 e. The standard InChI is InChI=1S/C17H20N2O3/c1-12(20)19(11-15-6-4-8-22-15)10-14-9-13-5-2-3-7-16(13)18-17(14)21/h2-3,5,7,9,15H,4,6,8,10-11H2,1H3,(H,18,21)/t15-/m1/s1. The first-order chi connectivity index (χ1) is 10.6. The van der Waals surface area contributed by atoms with Crippen LogP contribution < -0.4 is 5.56 Å². The number of hydrogen-bond acceptors (Lipinski definition) is 3. The Balaban J connectivity index is 1.84. The summed E-state index contributed by atoms with van der Waals surface area (Å²) in [5.41, 5.74) is 1.27. The first-order valence-electron chi connectivity index (χ1n) is 7.61. The molecule has 1 fully saturated rings. The predicted octanol–water partition coefficient (Wildman–Crippen LogP) is 2.06. The van der Waals surface area contributed by atoms with Crippen LogP contribution in [0.15, 0.2) is 35.1 Å². The van der Waals surface area contributed by atoms with Crippen molar-refractivity contribution >= 4 is 16.8 Å². The minimum Gasteiger partial charge on any atom is -0.376 e. The molecular formula is C17H20N2O3. The molecule has 1 aliphatic rings. The van der Waals surface area contributed by atoms with Crippen LogP contribution in [-0.2, 0) is 16.1 Å². The average molecular weight is 300 g/mol. The summed E-state index contributed by atoms with van der Waals surface area (Å²) < 4.78 is 5.59. The lowest BCUT2D eigenvalue weighted by atomic mass is 10.1. The third kappa shape index (κ3) is 3.20. The zero-order chi connectivity index (χ0) is 15.5. The lowest BCUT2D eigenvalue weighted by molar-refractivity contribution is -0.131. The summed E-state index contributed by atoms with van der Waals surface area (Å²) in [6.07, 6.45) is 2.09. The molecule has 0 spiro atoms. The highest BCUT2D eigenvalue weighted by Crippen LogP contribution is 2.16. The highest BCUT2D eigenvalue weighted by atomic mass is 16.5. The van der Waals surface area contributed by atoms with E-state index in [4.69, 9.17) is 4.74 Å². The van der Waals surface area contributed by atoms with Crippen molar-refractivity contribution in [3.8, 4) is 0 Å². The summed E-state index contributed by atoms with van der Waals surface area (Å²) in [5, 5.41) is 0.970. The van der Waals surface area contributed by atoms with Gasteiger partial charge in [0.25, 0.3) is 5.56 Å². The van der Waals surface area contributed by atoms with E-state index in [2.05, 4.69) is 4.98 Å². The number of ether oxygens (including phenoxy) is 1. The number of pyridine rings is 1. The number of aromatic amines is 1. The molecule has 5 nitrogen and oxygen atoms in total. The number of aromatic nitrogens is 1. The summed E-state index contributed by atoms with van der Waals surface area (Å²) in [7, 11) is 0. The molecule has 0 radical (unpaired) electrons. The smallest absolute Gasteiger partial charge is 0.253 e. The number of amides is 1. The van der Waals surface area contributed by atoms with Crippen molar-refractivity contribution in [1.29, 1.82) is 0 Å². The maximum atomic E-state index is 12.2. The topological polar surface area (TPSA) is 62.4 Å². The quantitative estimate of drug-likeness (QED) is 0.940. The lowest BCUT2D eigenvalue weighted by Crippen LogP contribution is -2.36. The summed E-state index contributed by atoms with van der Waals surface area (Å²) in [4.78, 5) is 28.6. The SMILES string of the molecule is CC(=O)N(Cc1cc2ccccc2[nH]c1=O)C[C@H]1CCCO1. The summed E-state index contributed by atoms with van der Waals surface area (Å²) in [6.45, 7) is 3.15. The third-order valence-electron chi connectivity index (χ3n) is 4.08. The molecule has 1 atom stereocenters. The maximum absolute atomic E-state index is 12.2. The Hall–Kier alpha value is -2.14. The van der Waals surface area contributed by atoms with Gasteiger partial charge in [-0.25, -0.2) is 0 Å². The fourth-order valence-corrected chi connectivity index (χ4v) is 2.85. The highest BCUT2D eigenvalue weighted by molar-refractivity contribution is 5.79. The number of benzene rings is 1. The zero-order valence-corrected chi connectivity index (χ0v) is 12.7. The van der Waals surface area contributed by atoms with Gasteiger partial charge in [-0.2, -0.15) is 0 Å². The van der Waals surface area contributed by atoms with Gasteiger partial charge in [-0.05, 0) is 30.4 Å². The molecule has 1 amide bonds. The number of hydrogen-bond donors (Lipinski definition) is 1. The van der Waals surface area contributed by atoms with Gasteiger partial charge in [0.2, 0.25) is 5.91 Å². The number of H-pyrrole nitrogens is 1. The number of carbonyl (C=O) groups excluding carboxylic acids is 1. The van der Waals surface area contributed by atoms with Crippen LogP contribution in [0.25, 0.3) is 10.9 Å². The molecule has 1 aliphatic heterocycles. The van der Waals surface area contributed by atoms with Crippen molar-refractivity contribution in [2.24, 2.45) is 0 Å². The third-order valence-corrected chi connectivity index (χ3v) is 4.08. The van der Waals surface area contributed by atoms with Crippen LogP contribution in [0.2, 0.25) is 0 Å². The lowest BCUT2D eigenvalue weighted by Gasteiger charge is -2.24. The van der Waals surface area contributed by atoms with Crippen LogP contribution >= 0.6 is 0 Å². The van der Waals surface area contributed by atoms with Crippen molar-refractivity contribution in [2.45, 2.75) is 32.4 Å². The van der Waals surface area contributed by atoms with Crippen molar-refractivity contribution < 1.29 is 9.53 Å². The summed E-state index contributed by atoms with van der Waals surface area (Å²) in [6, 6.07) is 9.50. The zero-order valence-electron chi connectivity index (χ0n) is 12.7. The molecule has 0 bridgehead atoms. The van der Waals surface area contributed by atoms with E-state index in [9.17, 15) is 9.59 Å². The Labute approximate surface area is 128 Å². The van der Waals surface area contributed by atoms with E-state index in [1.54, 1.807) is 4.90 Å². The van der Waals surface area contributed by atoms with E-state index >= 15 is 0 Å². The first kappa shape index (κ1) is 14.8. The Kier molecular flexibility index (Phi) is 4.24. The Bertz CT molecular complexity index is 732. The molecule has 22 heavy (non-hydrogen) atoms. The van der Waals surface area contributed by atoms with Gasteiger partial charge in [0.15, 0.2) is 0 Å². The van der Waals surface area contributed by atoms with Gasteiger partial charge in [-0.15, -0.1) is 0 Å². The van der Waals surface area contributed by atoms with Crippen molar-refractivity contribution in [3.05, 3.63) is 46.2 Å². The van der Waals surface area contributed by atoms with Crippen molar-refractivity contribution in [1.82, 2.24) is 9.88 Å². The number of fused-ring (bicyclic) bond motifs is 1. The number of carbonyl (C=O) groups is 1. The van der Waals surface area contributed by atoms with E-state index in [-0.39, 0.29) is 17.6 Å². The van der Waals surface area contributed by atoms with Gasteiger partial charge in [0.05, 0.1) is 12.6 Å². The first-order valence-corrected chi connectivity index (χ1v) is 7.61. The van der Waals surface area contributed by atoms with Gasteiger partial charge in [-0.3, -0.25) is 9.59 Å². The van der Waals surface area contributed by atoms with E-state index in [0.29, 0.717) is 18.7 Å². The van der Waals surface area contributed by atoms with E-state index < -0.39 is 0 Å². The molecule has 2 aromatic rings. The second-order valence-corrected chi connectivity index (χ2v) is 5.75. The fourth-order valence-electron chi connectivity index (χ4n) is 2.85. The Morgan fingerprint density at radius 1 is 1.41 bits per heavy atom. The van der Waals surface area contributed by atoms with Gasteiger partial charge >= 0.3 is 0 Å². The van der Waals surface area contributed by atoms with Crippen LogP contribution in [0.4, 0.5) is 0 Å². The minimum atomic E-state index is -0.141. The summed E-state index contributed by atoms with van der Waals surface area (Å²) >= 11 is 0. The Morgan fingerprint density at radius 3 is 2.95 bits per heavy atom. The molecule has 0 aliphatic carbocycles. The monoisotopic (exact) mass is 300 g/mol. The molecule has 1 saturated heterocycles. The van der Waals surface area contributed by atoms with E-state index in [0.717, 1.165) is 30.4 Å². The number of para-hydroxylation sites is 1. The van der Waals surface area contributed by atoms with Gasteiger partial charge in [-0.1, -0.05) is 18.2 Å². The second kappa shape index (κ2) is 6.32. The molecular weight excluding hydrogens is 280 g/mol. The van der Waals surface area contributed by atoms with E-state index in [1.165, 1.54) is 6.92 Å². The second-order valence-electron chi connectivity index (χ2n) is 5.75. The molecule has 1 aromatic carbocycles. The molecule has 5 heteroatoms. The summed E-state index contributed by atoms with van der Waals surface area (Å²) in [5.74, 6) is -0.0388. The van der Waals surface area contributed by atoms with Crippen molar-refractivity contribution in [3.63, 3.8) is 0 Å². The number of nitrogens with zero attached hydrogens (tertiary/aromatic N) is 1. The Morgan fingerprint density at radius 2 is 2.23 bits per heavy atom. The molecule has 0 saturated carbocycles. The molecule has 2 heterocycles. The van der Waals surface area contributed by atoms with E-state index in [1.807, 2.05) is 30.3 Å². The minimum absolute atomic E-state index is 0.0388. The van der Waals surface area contributed by atoms with Crippen molar-refractivity contribution in [2.75, 3.05) is 13.2 Å². The molecule has 1 aromatic heterocycles. The van der Waals surface area contributed by atoms with Gasteiger partial charge in [0, 0.05) is 31.2 Å². The predicted molar refractivity (Wildman–Crippen MR) is 84.6 cm³/mol. The van der Waals surface area contributed by atoms with Gasteiger partial charge < -0.3 is 14.6 Å². The molecule has 0 unspecified atom stereocenters. The normalized spacial score (nSPS) is 17.8. The molecule has 116 valence electrons. The van der Waals surface area contributed by atoms with Crippen LogP contribution in [-0.4, -0.2) is 35.0 Å². The molecule has 3 rings (SSSR count). The highest BCUT2D eigenvalue weighted by Gasteiger charge is 2.21. The fraction of sp³-hybridized carbons (Fsp3) is 0.412. The van der Waals surface area contributed by atoms with Crippen LogP contribution in [0.5, 0.6) is 0 Å². The van der Waals surface area contributed by atoms with Gasteiger partial charge in [0.1, 0.15) is 0 Å². The molecule has 1 N–H and O–H groups in total. The number of nitrogens with one attached hydrogen (secondary N) is 1. The number of rotatable bonds is 4. The largest absolute Gasteiger partial charge is 0.376 e. The van der Waals surface area contributed by atoms with Crippen LogP contribution in [0.3, 0.4) is 0 Å².